The predicted molar refractivity (Wildman–Crippen MR) is 84.1 cm³/mol. The molecule has 0 atom stereocenters. The van der Waals surface area contributed by atoms with Gasteiger partial charge < -0.3 is 4.74 Å². The van der Waals surface area contributed by atoms with E-state index in [1.807, 2.05) is 0 Å². The number of benzene rings is 1. The van der Waals surface area contributed by atoms with Gasteiger partial charge in [0.05, 0.1) is 13.1 Å². The molecular weight excluding hydrogens is 318 g/mol. The smallest absolute Gasteiger partial charge is 0.198 e. The van der Waals surface area contributed by atoms with Gasteiger partial charge in [-0.3, -0.25) is 14.8 Å². The zero-order chi connectivity index (χ0) is 13.8. The summed E-state index contributed by atoms with van der Waals surface area (Å²) < 4.78 is 6.62. The Labute approximate surface area is 128 Å². The van der Waals surface area contributed by atoms with Gasteiger partial charge in [0.1, 0.15) is 6.61 Å². The van der Waals surface area contributed by atoms with Crippen LogP contribution in [-0.2, 0) is 11.3 Å². The molecule has 108 valence electrons. The minimum atomic E-state index is 0.763. The first kappa shape index (κ1) is 14.0. The molecule has 0 amide bonds. The van der Waals surface area contributed by atoms with E-state index in [4.69, 9.17) is 4.74 Å². The van der Waals surface area contributed by atoms with E-state index in [1.165, 1.54) is 5.56 Å². The Kier molecular flexibility index (Phi) is 4.70. The molecule has 2 heterocycles. The lowest BCUT2D eigenvalue weighted by Crippen LogP contribution is -2.47. The van der Waals surface area contributed by atoms with Gasteiger partial charge in [0.2, 0.25) is 0 Å². The summed E-state index contributed by atoms with van der Waals surface area (Å²) in [6.07, 6.45) is 0. The van der Waals surface area contributed by atoms with Crippen molar-refractivity contribution >= 4 is 21.8 Å². The van der Waals surface area contributed by atoms with E-state index in [-0.39, 0.29) is 0 Å². The third kappa shape index (κ3) is 3.81. The second-order valence-electron chi connectivity index (χ2n) is 5.30. The van der Waals surface area contributed by atoms with Crippen molar-refractivity contribution in [1.29, 1.82) is 0 Å². The molecule has 0 bridgehead atoms. The summed E-state index contributed by atoms with van der Waals surface area (Å²) >= 11 is 3.48. The summed E-state index contributed by atoms with van der Waals surface area (Å²) in [4.78, 5) is 9.30. The van der Waals surface area contributed by atoms with Crippen LogP contribution in [0, 0.1) is 0 Å². The second kappa shape index (κ2) is 6.70. The molecular formula is C15H20BrN3O. The van der Waals surface area contributed by atoms with Gasteiger partial charge in [-0.1, -0.05) is 28.1 Å². The Morgan fingerprint density at radius 1 is 1.00 bits per heavy atom. The summed E-state index contributed by atoms with van der Waals surface area (Å²) in [6.45, 7) is 7.94. The Morgan fingerprint density at radius 2 is 1.65 bits per heavy atom. The molecule has 0 aliphatic carbocycles. The number of hydrogen-bond acceptors (Lipinski definition) is 4. The van der Waals surface area contributed by atoms with Gasteiger partial charge >= 0.3 is 0 Å². The third-order valence-electron chi connectivity index (χ3n) is 3.79. The summed E-state index contributed by atoms with van der Waals surface area (Å²) in [6, 6.07) is 8.61. The Balaban J connectivity index is 1.45. The normalized spacial score (nSPS) is 20.8. The van der Waals surface area contributed by atoms with Crippen molar-refractivity contribution in [2.75, 3.05) is 45.9 Å². The lowest BCUT2D eigenvalue weighted by atomic mass is 10.2. The molecule has 1 aromatic carbocycles. The highest BCUT2D eigenvalue weighted by atomic mass is 79.9. The topological polar surface area (TPSA) is 28.1 Å². The molecule has 20 heavy (non-hydrogen) atoms. The highest BCUT2D eigenvalue weighted by Gasteiger charge is 2.19. The number of ether oxygens (including phenoxy) is 1. The Bertz CT molecular complexity index is 467. The van der Waals surface area contributed by atoms with E-state index in [0.29, 0.717) is 0 Å². The van der Waals surface area contributed by atoms with E-state index in [2.05, 4.69) is 55.0 Å². The van der Waals surface area contributed by atoms with Crippen LogP contribution >= 0.6 is 15.9 Å². The molecule has 0 spiro atoms. The van der Waals surface area contributed by atoms with Crippen LogP contribution in [0.1, 0.15) is 5.56 Å². The fourth-order valence-corrected chi connectivity index (χ4v) is 2.88. The van der Waals surface area contributed by atoms with E-state index < -0.39 is 0 Å². The van der Waals surface area contributed by atoms with Crippen LogP contribution in [0.4, 0.5) is 0 Å². The lowest BCUT2D eigenvalue weighted by Gasteiger charge is -2.34. The molecule has 0 N–H and O–H groups in total. The van der Waals surface area contributed by atoms with Gasteiger partial charge in [-0.05, 0) is 17.7 Å². The number of rotatable bonds is 4. The van der Waals surface area contributed by atoms with E-state index in [0.717, 1.165) is 62.8 Å². The molecule has 0 radical (unpaired) electrons. The second-order valence-corrected chi connectivity index (χ2v) is 6.22. The summed E-state index contributed by atoms with van der Waals surface area (Å²) in [7, 11) is 0. The van der Waals surface area contributed by atoms with Crippen molar-refractivity contribution in [3.63, 3.8) is 0 Å². The van der Waals surface area contributed by atoms with E-state index >= 15 is 0 Å². The third-order valence-corrected chi connectivity index (χ3v) is 4.32. The van der Waals surface area contributed by atoms with Crippen molar-refractivity contribution in [3.05, 3.63) is 34.3 Å². The summed E-state index contributed by atoms with van der Waals surface area (Å²) in [5.74, 6) is 0.923. The summed E-state index contributed by atoms with van der Waals surface area (Å²) in [5, 5.41) is 0. The SMILES string of the molecule is Brc1ccc(CN2CCN(CC3=NCCO3)CC2)cc1. The maximum Gasteiger partial charge on any atom is 0.198 e. The van der Waals surface area contributed by atoms with Crippen LogP contribution in [0.5, 0.6) is 0 Å². The van der Waals surface area contributed by atoms with Crippen LogP contribution in [0.25, 0.3) is 0 Å². The molecule has 1 saturated heterocycles. The molecule has 1 fully saturated rings. The van der Waals surface area contributed by atoms with Crippen molar-refractivity contribution < 1.29 is 4.74 Å². The van der Waals surface area contributed by atoms with Crippen molar-refractivity contribution in [3.8, 4) is 0 Å². The van der Waals surface area contributed by atoms with Crippen LogP contribution in [0.3, 0.4) is 0 Å². The zero-order valence-corrected chi connectivity index (χ0v) is 13.2. The fourth-order valence-electron chi connectivity index (χ4n) is 2.62. The molecule has 4 nitrogen and oxygen atoms in total. The van der Waals surface area contributed by atoms with Crippen LogP contribution in [-0.4, -0.2) is 61.6 Å². The number of piperazine rings is 1. The van der Waals surface area contributed by atoms with Crippen LogP contribution in [0.2, 0.25) is 0 Å². The number of aliphatic imine (C=N–C) groups is 1. The quantitative estimate of drug-likeness (QED) is 0.841. The lowest BCUT2D eigenvalue weighted by molar-refractivity contribution is 0.135. The molecule has 0 unspecified atom stereocenters. The minimum Gasteiger partial charge on any atom is -0.478 e. The van der Waals surface area contributed by atoms with E-state index in [9.17, 15) is 0 Å². The molecule has 0 aromatic heterocycles. The van der Waals surface area contributed by atoms with Crippen LogP contribution < -0.4 is 0 Å². The fraction of sp³-hybridized carbons (Fsp3) is 0.533. The van der Waals surface area contributed by atoms with Gasteiger partial charge in [0.15, 0.2) is 5.90 Å². The zero-order valence-electron chi connectivity index (χ0n) is 11.6. The van der Waals surface area contributed by atoms with Crippen molar-refractivity contribution in [1.82, 2.24) is 9.80 Å². The first-order valence-corrected chi connectivity index (χ1v) is 7.94. The maximum absolute atomic E-state index is 5.48. The molecule has 2 aliphatic rings. The van der Waals surface area contributed by atoms with Gasteiger partial charge in [0, 0.05) is 37.2 Å². The Morgan fingerprint density at radius 3 is 2.25 bits per heavy atom. The minimum absolute atomic E-state index is 0.763. The predicted octanol–water partition coefficient (Wildman–Crippen LogP) is 2.00. The average molecular weight is 338 g/mol. The van der Waals surface area contributed by atoms with Crippen molar-refractivity contribution in [2.24, 2.45) is 4.99 Å². The number of halogens is 1. The van der Waals surface area contributed by atoms with Crippen LogP contribution in [0.15, 0.2) is 33.7 Å². The number of nitrogens with zero attached hydrogens (tertiary/aromatic N) is 3. The maximum atomic E-state index is 5.48. The molecule has 3 rings (SSSR count). The van der Waals surface area contributed by atoms with Gasteiger partial charge in [0.25, 0.3) is 0 Å². The summed E-state index contributed by atoms with van der Waals surface area (Å²) in [5.41, 5.74) is 1.38. The molecule has 5 heteroatoms. The van der Waals surface area contributed by atoms with Gasteiger partial charge in [-0.2, -0.15) is 0 Å². The monoisotopic (exact) mass is 337 g/mol. The standard InChI is InChI=1S/C15H20BrN3O/c16-14-3-1-13(2-4-14)11-18-6-8-19(9-7-18)12-15-17-5-10-20-15/h1-4H,5-12H2. The van der Waals surface area contributed by atoms with Gasteiger partial charge in [-0.15, -0.1) is 0 Å². The largest absolute Gasteiger partial charge is 0.478 e. The first-order chi connectivity index (χ1) is 9.79. The molecule has 2 aliphatic heterocycles. The van der Waals surface area contributed by atoms with Gasteiger partial charge in [-0.25, -0.2) is 0 Å². The highest BCUT2D eigenvalue weighted by molar-refractivity contribution is 9.10. The van der Waals surface area contributed by atoms with E-state index in [1.54, 1.807) is 0 Å². The Hall–Kier alpha value is -0.910. The molecule has 1 aromatic rings. The molecule has 0 saturated carbocycles. The highest BCUT2D eigenvalue weighted by Crippen LogP contribution is 2.13. The first-order valence-electron chi connectivity index (χ1n) is 7.15. The van der Waals surface area contributed by atoms with Crippen molar-refractivity contribution in [2.45, 2.75) is 6.54 Å². The number of hydrogen-bond donors (Lipinski definition) is 0. The average Bonchev–Trinajstić information content (AvgIpc) is 2.96.